The molecule has 5 aromatic heterocycles. The topological polar surface area (TPSA) is 112 Å². The lowest BCUT2D eigenvalue weighted by molar-refractivity contribution is 0.882. The molecular weight excluding hydrogens is 392 g/mol. The Balaban J connectivity index is 1.95. The Hall–Kier alpha value is -4.66. The predicted molar refractivity (Wildman–Crippen MR) is 113 cm³/mol. The summed E-state index contributed by atoms with van der Waals surface area (Å²) < 4.78 is 1.42. The number of pyridine rings is 2. The largest absolute Gasteiger partial charge is 0.268 e. The normalized spacial score (nSPS) is 10.7. The first-order valence-electron chi connectivity index (χ1n) is 9.36. The molecule has 0 spiro atoms. The van der Waals surface area contributed by atoms with Crippen LogP contribution in [-0.2, 0) is 0 Å². The van der Waals surface area contributed by atoms with E-state index in [1.165, 1.54) is 4.57 Å². The minimum Gasteiger partial charge on any atom is -0.268 e. The van der Waals surface area contributed by atoms with Crippen LogP contribution in [0.4, 0.5) is 0 Å². The summed E-state index contributed by atoms with van der Waals surface area (Å²) in [4.78, 5) is 35.5. The van der Waals surface area contributed by atoms with Crippen LogP contribution in [0, 0.1) is 0 Å². The lowest BCUT2D eigenvalue weighted by Crippen LogP contribution is -2.23. The van der Waals surface area contributed by atoms with E-state index in [0.29, 0.717) is 28.3 Å². The summed E-state index contributed by atoms with van der Waals surface area (Å²) in [6.07, 6.45) is 12.8. The third-order valence-corrected chi connectivity index (χ3v) is 4.56. The number of nitrogens with zero attached hydrogens (tertiary/aromatic N) is 8. The summed E-state index contributed by atoms with van der Waals surface area (Å²) in [6, 6.07) is 10.7. The van der Waals surface area contributed by atoms with Crippen LogP contribution in [0.3, 0.4) is 0 Å². The van der Waals surface area contributed by atoms with Gasteiger partial charge in [-0.15, -0.1) is 5.10 Å². The third kappa shape index (κ3) is 3.44. The Morgan fingerprint density at radius 2 is 1.55 bits per heavy atom. The Bertz CT molecular complexity index is 1380. The van der Waals surface area contributed by atoms with Crippen LogP contribution in [0.1, 0.15) is 0 Å². The maximum Gasteiger partial charge on any atom is 0.268 e. The summed E-state index contributed by atoms with van der Waals surface area (Å²) in [5.41, 5.74) is 2.28. The fraction of sp³-hybridized carbons (Fsp3) is 0. The minimum absolute atomic E-state index is 0.267. The molecule has 0 radical (unpaired) electrons. The molecule has 0 aliphatic heterocycles. The highest BCUT2D eigenvalue weighted by atomic mass is 16.1. The molecule has 0 N–H and O–H groups in total. The van der Waals surface area contributed by atoms with Gasteiger partial charge >= 0.3 is 0 Å². The Morgan fingerprint density at radius 1 is 0.710 bits per heavy atom. The molecule has 0 saturated heterocycles. The van der Waals surface area contributed by atoms with Crippen molar-refractivity contribution in [2.75, 3.05) is 0 Å². The first-order valence-corrected chi connectivity index (χ1v) is 9.36. The first kappa shape index (κ1) is 18.4. The summed E-state index contributed by atoms with van der Waals surface area (Å²) in [7, 11) is 0. The van der Waals surface area contributed by atoms with Crippen molar-refractivity contribution in [2.45, 2.75) is 0 Å². The fourth-order valence-corrected chi connectivity index (χ4v) is 3.25. The average molecular weight is 406 g/mol. The third-order valence-electron chi connectivity index (χ3n) is 4.56. The monoisotopic (exact) mass is 406 g/mol. The maximum absolute atomic E-state index is 13.7. The lowest BCUT2D eigenvalue weighted by atomic mass is 9.97. The van der Waals surface area contributed by atoms with Crippen LogP contribution >= 0.6 is 0 Å². The zero-order valence-corrected chi connectivity index (χ0v) is 16.1. The summed E-state index contributed by atoms with van der Waals surface area (Å²) in [5.74, 6) is 0.635. The van der Waals surface area contributed by atoms with Gasteiger partial charge in [0.05, 0.1) is 23.1 Å². The van der Waals surface area contributed by atoms with Gasteiger partial charge in [-0.3, -0.25) is 24.3 Å². The lowest BCUT2D eigenvalue weighted by Gasteiger charge is -2.16. The second kappa shape index (κ2) is 7.99. The van der Waals surface area contributed by atoms with Crippen molar-refractivity contribution in [3.63, 3.8) is 0 Å². The molecule has 0 aliphatic rings. The number of rotatable bonds is 4. The standard InChI is InChI=1S/C22H14N8O/c31-22-20(21-26-8-4-9-27-21)19(17-13-23-11-12-25-17)15(16-5-1-2-7-24-16)14-30(22)18-6-3-10-28-29-18/h1-14H. The molecule has 0 saturated carbocycles. The molecule has 148 valence electrons. The van der Waals surface area contributed by atoms with Gasteiger partial charge in [-0.05, 0) is 30.3 Å². The van der Waals surface area contributed by atoms with Gasteiger partial charge in [-0.25, -0.2) is 9.97 Å². The van der Waals surface area contributed by atoms with E-state index in [9.17, 15) is 4.79 Å². The molecular formula is C22H14N8O. The molecule has 0 unspecified atom stereocenters. The zero-order valence-electron chi connectivity index (χ0n) is 16.1. The molecule has 0 atom stereocenters. The zero-order chi connectivity index (χ0) is 21.0. The van der Waals surface area contributed by atoms with Gasteiger partial charge in [-0.1, -0.05) is 6.07 Å². The van der Waals surface area contributed by atoms with Crippen LogP contribution in [0.15, 0.2) is 90.8 Å². The predicted octanol–water partition coefficient (Wildman–Crippen LogP) is 2.60. The van der Waals surface area contributed by atoms with Crippen molar-refractivity contribution in [3.05, 3.63) is 96.3 Å². The highest BCUT2D eigenvalue weighted by molar-refractivity contribution is 5.90. The van der Waals surface area contributed by atoms with Gasteiger partial charge in [0, 0.05) is 54.5 Å². The smallest absolute Gasteiger partial charge is 0.268 e. The Kier molecular flexibility index (Phi) is 4.74. The molecule has 0 bridgehead atoms. The molecule has 9 heteroatoms. The van der Waals surface area contributed by atoms with Gasteiger partial charge in [0.25, 0.3) is 5.56 Å². The maximum atomic E-state index is 13.7. The van der Waals surface area contributed by atoms with Gasteiger partial charge in [0.2, 0.25) is 0 Å². The van der Waals surface area contributed by atoms with E-state index < -0.39 is 0 Å². The van der Waals surface area contributed by atoms with E-state index >= 15 is 0 Å². The molecule has 5 heterocycles. The highest BCUT2D eigenvalue weighted by Gasteiger charge is 2.24. The molecule has 31 heavy (non-hydrogen) atoms. The van der Waals surface area contributed by atoms with Crippen LogP contribution in [0.25, 0.3) is 39.7 Å². The van der Waals surface area contributed by atoms with Gasteiger partial charge in [0.1, 0.15) is 0 Å². The van der Waals surface area contributed by atoms with Crippen LogP contribution < -0.4 is 5.56 Å². The van der Waals surface area contributed by atoms with Crippen molar-refractivity contribution in [3.8, 4) is 39.7 Å². The van der Waals surface area contributed by atoms with Crippen LogP contribution in [0.5, 0.6) is 0 Å². The Labute approximate surface area is 176 Å². The molecule has 0 aliphatic carbocycles. The van der Waals surface area contributed by atoms with Crippen molar-refractivity contribution in [1.29, 1.82) is 0 Å². The molecule has 0 fully saturated rings. The quantitative estimate of drug-likeness (QED) is 0.448. The first-order chi connectivity index (χ1) is 15.3. The van der Waals surface area contributed by atoms with E-state index in [1.807, 2.05) is 18.2 Å². The van der Waals surface area contributed by atoms with Gasteiger partial charge in [-0.2, -0.15) is 5.10 Å². The number of hydrogen-bond acceptors (Lipinski definition) is 8. The van der Waals surface area contributed by atoms with Crippen molar-refractivity contribution >= 4 is 0 Å². The second-order valence-electron chi connectivity index (χ2n) is 6.43. The molecule has 0 aromatic carbocycles. The molecule has 5 aromatic rings. The fourth-order valence-electron chi connectivity index (χ4n) is 3.25. The van der Waals surface area contributed by atoms with E-state index in [-0.39, 0.29) is 16.9 Å². The van der Waals surface area contributed by atoms with E-state index in [1.54, 1.807) is 67.8 Å². The van der Waals surface area contributed by atoms with Crippen molar-refractivity contribution < 1.29 is 0 Å². The average Bonchev–Trinajstić information content (AvgIpc) is 2.86. The summed E-state index contributed by atoms with van der Waals surface area (Å²) in [5, 5.41) is 8.01. The van der Waals surface area contributed by atoms with Gasteiger partial charge in [0.15, 0.2) is 11.6 Å². The SMILES string of the molecule is O=c1c(-c2ncccn2)c(-c2cnccn2)c(-c2ccccn2)cn1-c1cccnn1. The summed E-state index contributed by atoms with van der Waals surface area (Å²) >= 11 is 0. The van der Waals surface area contributed by atoms with Crippen LogP contribution in [0.2, 0.25) is 0 Å². The highest BCUT2D eigenvalue weighted by Crippen LogP contribution is 2.35. The van der Waals surface area contributed by atoms with Crippen molar-refractivity contribution in [1.82, 2.24) is 39.7 Å². The van der Waals surface area contributed by atoms with Gasteiger partial charge < -0.3 is 0 Å². The van der Waals surface area contributed by atoms with Crippen LogP contribution in [-0.4, -0.2) is 39.7 Å². The number of hydrogen-bond donors (Lipinski definition) is 0. The Morgan fingerprint density at radius 3 is 2.26 bits per heavy atom. The second-order valence-corrected chi connectivity index (χ2v) is 6.43. The molecule has 5 rings (SSSR count). The molecule has 0 amide bonds. The van der Waals surface area contributed by atoms with E-state index in [0.717, 1.165) is 0 Å². The van der Waals surface area contributed by atoms with Crippen molar-refractivity contribution in [2.24, 2.45) is 0 Å². The minimum atomic E-state index is -0.355. The van der Waals surface area contributed by atoms with E-state index in [2.05, 4.69) is 35.1 Å². The summed E-state index contributed by atoms with van der Waals surface area (Å²) in [6.45, 7) is 0. The molecule has 9 nitrogen and oxygen atoms in total. The van der Waals surface area contributed by atoms with E-state index in [4.69, 9.17) is 0 Å². The number of aromatic nitrogens is 8.